The molecule has 6 heteroatoms. The molecule has 1 aromatic rings. The number of rotatable bonds is 4. The normalized spacial score (nSPS) is 11.8. The highest BCUT2D eigenvalue weighted by molar-refractivity contribution is 14.1. The molecule has 0 aliphatic carbocycles. The van der Waals surface area contributed by atoms with Crippen LogP contribution in [0.2, 0.25) is 0 Å². The van der Waals surface area contributed by atoms with Gasteiger partial charge in [0.05, 0.1) is 19.1 Å². The van der Waals surface area contributed by atoms with E-state index in [0.29, 0.717) is 5.56 Å². The largest absolute Gasteiger partial charge is 0.469 e. The van der Waals surface area contributed by atoms with Gasteiger partial charge in [-0.1, -0.05) is 0 Å². The first kappa shape index (κ1) is 15.4. The topological polar surface area (TPSA) is 55.4 Å². The minimum Gasteiger partial charge on any atom is -0.469 e. The Hall–Kier alpha value is -0.630. The Morgan fingerprint density at radius 3 is 2.78 bits per heavy atom. The number of hydrogen-bond donors (Lipinski definition) is 1. The molecule has 0 saturated carbocycles. The lowest BCUT2D eigenvalue weighted by atomic mass is 10.2. The molecule has 0 bridgehead atoms. The van der Waals surface area contributed by atoms with Gasteiger partial charge in [-0.2, -0.15) is 0 Å². The number of hydrogen-bond acceptors (Lipinski definition) is 3. The number of carbonyl (C=O) groups excluding carboxylic acids is 2. The SMILES string of the molecule is COC(=O)CC(C)NC(=O)c1cc(I)ccc1Br. The number of benzene rings is 1. The number of amides is 1. The summed E-state index contributed by atoms with van der Waals surface area (Å²) in [6, 6.07) is 5.24. The van der Waals surface area contributed by atoms with Gasteiger partial charge in [0, 0.05) is 14.1 Å². The first-order chi connectivity index (χ1) is 8.43. The molecule has 1 aromatic carbocycles. The van der Waals surface area contributed by atoms with E-state index in [-0.39, 0.29) is 24.3 Å². The number of halogens is 2. The molecular weight excluding hydrogens is 413 g/mol. The summed E-state index contributed by atoms with van der Waals surface area (Å²) < 4.78 is 6.25. The van der Waals surface area contributed by atoms with Crippen molar-refractivity contribution in [3.05, 3.63) is 31.8 Å². The van der Waals surface area contributed by atoms with Crippen molar-refractivity contribution in [2.24, 2.45) is 0 Å². The third kappa shape index (κ3) is 4.56. The van der Waals surface area contributed by atoms with E-state index >= 15 is 0 Å². The highest BCUT2D eigenvalue weighted by Crippen LogP contribution is 2.19. The molecule has 0 saturated heterocycles. The summed E-state index contributed by atoms with van der Waals surface area (Å²) in [5.41, 5.74) is 0.554. The second kappa shape index (κ2) is 7.08. The van der Waals surface area contributed by atoms with Crippen molar-refractivity contribution in [2.45, 2.75) is 19.4 Å². The Balaban J connectivity index is 2.70. The molecule has 1 atom stereocenters. The van der Waals surface area contributed by atoms with Crippen molar-refractivity contribution in [1.29, 1.82) is 0 Å². The maximum Gasteiger partial charge on any atom is 0.307 e. The van der Waals surface area contributed by atoms with Gasteiger partial charge in [-0.3, -0.25) is 9.59 Å². The van der Waals surface area contributed by atoms with Crippen molar-refractivity contribution >= 4 is 50.4 Å². The Kier molecular flexibility index (Phi) is 6.07. The molecule has 0 aliphatic heterocycles. The van der Waals surface area contributed by atoms with Crippen LogP contribution in [0.15, 0.2) is 22.7 Å². The second-order valence-corrected chi connectivity index (χ2v) is 5.88. The fourth-order valence-corrected chi connectivity index (χ4v) is 2.28. The number of esters is 1. The molecule has 1 N–H and O–H groups in total. The average molecular weight is 426 g/mol. The first-order valence-electron chi connectivity index (χ1n) is 5.26. The van der Waals surface area contributed by atoms with Crippen LogP contribution < -0.4 is 5.32 Å². The Morgan fingerprint density at radius 2 is 2.17 bits per heavy atom. The number of nitrogens with one attached hydrogen (secondary N) is 1. The summed E-state index contributed by atoms with van der Waals surface area (Å²) in [4.78, 5) is 23.1. The van der Waals surface area contributed by atoms with E-state index in [9.17, 15) is 9.59 Å². The van der Waals surface area contributed by atoms with Crippen LogP contribution in [0, 0.1) is 3.57 Å². The van der Waals surface area contributed by atoms with E-state index < -0.39 is 0 Å². The maximum atomic E-state index is 12.0. The molecular formula is C12H13BrINO3. The van der Waals surface area contributed by atoms with E-state index in [1.807, 2.05) is 12.1 Å². The average Bonchev–Trinajstić information content (AvgIpc) is 2.31. The molecule has 0 spiro atoms. The molecule has 0 aliphatic rings. The third-order valence-corrected chi connectivity index (χ3v) is 3.61. The van der Waals surface area contributed by atoms with E-state index in [1.165, 1.54) is 7.11 Å². The van der Waals surface area contributed by atoms with E-state index in [2.05, 4.69) is 48.6 Å². The number of carbonyl (C=O) groups is 2. The van der Waals surface area contributed by atoms with E-state index in [4.69, 9.17) is 0 Å². The van der Waals surface area contributed by atoms with Gasteiger partial charge in [0.15, 0.2) is 0 Å². The van der Waals surface area contributed by atoms with Crippen LogP contribution in [-0.4, -0.2) is 25.0 Å². The highest BCUT2D eigenvalue weighted by atomic mass is 127. The van der Waals surface area contributed by atoms with Crippen molar-refractivity contribution in [2.75, 3.05) is 7.11 Å². The minimum atomic E-state index is -0.343. The van der Waals surface area contributed by atoms with Gasteiger partial charge >= 0.3 is 5.97 Å². The molecule has 1 rings (SSSR count). The third-order valence-electron chi connectivity index (χ3n) is 2.25. The Labute approximate surface area is 128 Å². The molecule has 1 amide bonds. The predicted molar refractivity (Wildman–Crippen MR) is 80.4 cm³/mol. The standard InChI is InChI=1S/C12H13BrINO3/c1-7(5-11(16)18-2)15-12(17)9-6-8(14)3-4-10(9)13/h3-4,6-7H,5H2,1-2H3,(H,15,17). The van der Waals surface area contributed by atoms with Gasteiger partial charge in [-0.25, -0.2) is 0 Å². The van der Waals surface area contributed by atoms with Crippen LogP contribution in [0.3, 0.4) is 0 Å². The fourth-order valence-electron chi connectivity index (χ4n) is 1.36. The van der Waals surface area contributed by atoms with Gasteiger partial charge in [0.25, 0.3) is 5.91 Å². The maximum absolute atomic E-state index is 12.0. The molecule has 0 radical (unpaired) electrons. The fraction of sp³-hybridized carbons (Fsp3) is 0.333. The van der Waals surface area contributed by atoms with Crippen LogP contribution in [0.4, 0.5) is 0 Å². The van der Waals surface area contributed by atoms with Crippen molar-refractivity contribution in [3.8, 4) is 0 Å². The molecule has 0 heterocycles. The van der Waals surface area contributed by atoms with Crippen LogP contribution in [0.1, 0.15) is 23.7 Å². The van der Waals surface area contributed by atoms with Crippen molar-refractivity contribution in [3.63, 3.8) is 0 Å². The van der Waals surface area contributed by atoms with Crippen molar-refractivity contribution < 1.29 is 14.3 Å². The molecule has 1 unspecified atom stereocenters. The molecule has 98 valence electrons. The lowest BCUT2D eigenvalue weighted by Gasteiger charge is -2.13. The van der Waals surface area contributed by atoms with Crippen LogP contribution in [0.5, 0.6) is 0 Å². The summed E-state index contributed by atoms with van der Waals surface area (Å²) in [6.07, 6.45) is 0.157. The predicted octanol–water partition coefficient (Wildman–Crippen LogP) is 2.74. The summed E-state index contributed by atoms with van der Waals surface area (Å²) in [5, 5.41) is 2.76. The monoisotopic (exact) mass is 425 g/mol. The molecule has 0 fully saturated rings. The lowest BCUT2D eigenvalue weighted by molar-refractivity contribution is -0.141. The number of ether oxygens (including phenoxy) is 1. The van der Waals surface area contributed by atoms with Crippen molar-refractivity contribution in [1.82, 2.24) is 5.32 Å². The molecule has 18 heavy (non-hydrogen) atoms. The lowest BCUT2D eigenvalue weighted by Crippen LogP contribution is -2.34. The minimum absolute atomic E-state index is 0.157. The summed E-state index contributed by atoms with van der Waals surface area (Å²) in [5.74, 6) is -0.554. The summed E-state index contributed by atoms with van der Waals surface area (Å²) in [6.45, 7) is 1.76. The van der Waals surface area contributed by atoms with Gasteiger partial charge < -0.3 is 10.1 Å². The molecule has 0 aromatic heterocycles. The van der Waals surface area contributed by atoms with Crippen LogP contribution in [-0.2, 0) is 9.53 Å². The Morgan fingerprint density at radius 1 is 1.50 bits per heavy atom. The van der Waals surface area contributed by atoms with Gasteiger partial charge in [-0.05, 0) is 63.6 Å². The smallest absolute Gasteiger partial charge is 0.307 e. The van der Waals surface area contributed by atoms with Gasteiger partial charge in [0.2, 0.25) is 0 Å². The highest BCUT2D eigenvalue weighted by Gasteiger charge is 2.15. The second-order valence-electron chi connectivity index (χ2n) is 3.78. The quantitative estimate of drug-likeness (QED) is 0.596. The first-order valence-corrected chi connectivity index (χ1v) is 7.14. The Bertz CT molecular complexity index is 465. The van der Waals surface area contributed by atoms with E-state index in [0.717, 1.165) is 8.04 Å². The van der Waals surface area contributed by atoms with E-state index in [1.54, 1.807) is 13.0 Å². The van der Waals surface area contributed by atoms with Gasteiger partial charge in [-0.15, -0.1) is 0 Å². The zero-order chi connectivity index (χ0) is 13.7. The molecule has 4 nitrogen and oxygen atoms in total. The number of methoxy groups -OCH3 is 1. The summed E-state index contributed by atoms with van der Waals surface area (Å²) in [7, 11) is 1.33. The zero-order valence-electron chi connectivity index (χ0n) is 10.00. The van der Waals surface area contributed by atoms with Crippen LogP contribution >= 0.6 is 38.5 Å². The summed E-state index contributed by atoms with van der Waals surface area (Å²) >= 11 is 5.47. The van der Waals surface area contributed by atoms with Gasteiger partial charge in [0.1, 0.15) is 0 Å². The van der Waals surface area contributed by atoms with Crippen LogP contribution in [0.25, 0.3) is 0 Å². The zero-order valence-corrected chi connectivity index (χ0v) is 13.7.